The lowest BCUT2D eigenvalue weighted by molar-refractivity contribution is 0.176. The van der Waals surface area contributed by atoms with Crippen molar-refractivity contribution >= 4 is 0 Å². The quantitative estimate of drug-likeness (QED) is 0.802. The van der Waals surface area contributed by atoms with Crippen LogP contribution < -0.4 is 4.74 Å². The van der Waals surface area contributed by atoms with E-state index in [0.29, 0.717) is 5.54 Å². The lowest BCUT2D eigenvalue weighted by atomic mass is 9.98. The molecule has 1 aliphatic carbocycles. The number of nitrogens with zero attached hydrogens (tertiary/aromatic N) is 3. The predicted octanol–water partition coefficient (Wildman–Crippen LogP) is 2.09. The van der Waals surface area contributed by atoms with Crippen molar-refractivity contribution < 1.29 is 4.74 Å². The number of aromatic nitrogens is 2. The van der Waals surface area contributed by atoms with Crippen LogP contribution in [0.15, 0.2) is 0 Å². The number of likely N-dealkylation sites (N-methyl/N-ethyl adjacent to an activating group) is 1. The Kier molecular flexibility index (Phi) is 2.59. The number of ether oxygens (including phenoxy) is 1. The average molecular weight is 247 g/mol. The summed E-state index contributed by atoms with van der Waals surface area (Å²) in [5.41, 5.74) is 2.78. The van der Waals surface area contributed by atoms with E-state index in [0.717, 1.165) is 24.7 Å². The molecule has 1 saturated carbocycles. The van der Waals surface area contributed by atoms with Gasteiger partial charge in [-0.2, -0.15) is 4.98 Å². The summed E-state index contributed by atoms with van der Waals surface area (Å²) < 4.78 is 5.85. The van der Waals surface area contributed by atoms with Crippen molar-refractivity contribution in [1.29, 1.82) is 0 Å². The van der Waals surface area contributed by atoms with E-state index in [2.05, 4.69) is 21.9 Å². The first-order chi connectivity index (χ1) is 8.50. The minimum atomic E-state index is 0.158. The molecule has 2 heterocycles. The second-order valence-corrected chi connectivity index (χ2v) is 5.93. The predicted molar refractivity (Wildman–Crippen MR) is 69.7 cm³/mol. The molecule has 0 bridgehead atoms. The zero-order valence-corrected chi connectivity index (χ0v) is 11.7. The van der Waals surface area contributed by atoms with Crippen molar-refractivity contribution in [1.82, 2.24) is 14.9 Å². The number of fused-ring (bicyclic) bond motifs is 1. The molecule has 1 aliphatic heterocycles. The van der Waals surface area contributed by atoms with Gasteiger partial charge < -0.3 is 4.74 Å². The number of hydrogen-bond donors (Lipinski definition) is 0. The summed E-state index contributed by atoms with van der Waals surface area (Å²) in [7, 11) is 2.20. The van der Waals surface area contributed by atoms with Crippen LogP contribution in [0.3, 0.4) is 0 Å². The molecule has 1 aromatic rings. The molecule has 0 amide bonds. The van der Waals surface area contributed by atoms with Crippen LogP contribution in [0.25, 0.3) is 0 Å². The van der Waals surface area contributed by atoms with Gasteiger partial charge in [-0.25, -0.2) is 4.98 Å². The number of aryl methyl sites for hydroxylation is 1. The van der Waals surface area contributed by atoms with Crippen molar-refractivity contribution in [2.45, 2.75) is 58.2 Å². The highest BCUT2D eigenvalue weighted by Crippen LogP contribution is 2.48. The fraction of sp³-hybridized carbons (Fsp3) is 0.714. The lowest BCUT2D eigenvalue weighted by Crippen LogP contribution is -2.40. The van der Waals surface area contributed by atoms with Crippen LogP contribution >= 0.6 is 0 Å². The summed E-state index contributed by atoms with van der Waals surface area (Å²) in [5.74, 6) is 1.61. The van der Waals surface area contributed by atoms with Crippen LogP contribution in [0.2, 0.25) is 0 Å². The van der Waals surface area contributed by atoms with E-state index < -0.39 is 0 Å². The van der Waals surface area contributed by atoms with Gasteiger partial charge in [0.1, 0.15) is 5.82 Å². The van der Waals surface area contributed by atoms with Gasteiger partial charge in [-0.05, 0) is 40.7 Å². The molecular formula is C14H21N3O. The monoisotopic (exact) mass is 247 g/mol. The molecule has 0 aromatic carbocycles. The van der Waals surface area contributed by atoms with E-state index in [9.17, 15) is 0 Å². The normalized spacial score (nSPS) is 21.2. The molecule has 3 rings (SSSR count). The summed E-state index contributed by atoms with van der Waals surface area (Å²) in [6.45, 7) is 6.94. The molecule has 0 N–H and O–H groups in total. The second-order valence-electron chi connectivity index (χ2n) is 5.93. The third-order valence-corrected chi connectivity index (χ3v) is 4.04. The van der Waals surface area contributed by atoms with E-state index in [-0.39, 0.29) is 6.10 Å². The average Bonchev–Trinajstić information content (AvgIpc) is 3.01. The second kappa shape index (κ2) is 3.92. The molecule has 4 nitrogen and oxygen atoms in total. The summed E-state index contributed by atoms with van der Waals surface area (Å²) in [6.07, 6.45) is 3.81. The Labute approximate surface area is 108 Å². The number of rotatable bonds is 2. The minimum Gasteiger partial charge on any atom is -0.475 e. The Morgan fingerprint density at radius 2 is 2.00 bits per heavy atom. The van der Waals surface area contributed by atoms with Gasteiger partial charge in [-0.3, -0.25) is 4.90 Å². The van der Waals surface area contributed by atoms with E-state index in [1.54, 1.807) is 0 Å². The first kappa shape index (κ1) is 11.9. The standard InChI is InChI=1S/C14H21N3O/c1-9(2)18-13-11-8-17(4)14(5-6-14)7-12(11)15-10(3)16-13/h9H,5-8H2,1-4H3. The SMILES string of the molecule is Cc1nc2c(c(OC(C)C)n1)CN(C)C1(CC1)C2. The third kappa shape index (κ3) is 1.88. The molecule has 0 saturated heterocycles. The van der Waals surface area contributed by atoms with E-state index in [1.807, 2.05) is 20.8 Å². The molecular weight excluding hydrogens is 226 g/mol. The van der Waals surface area contributed by atoms with Gasteiger partial charge in [0.2, 0.25) is 5.88 Å². The minimum absolute atomic E-state index is 0.158. The fourth-order valence-corrected chi connectivity index (χ4v) is 2.81. The molecule has 0 unspecified atom stereocenters. The van der Waals surface area contributed by atoms with Crippen LogP contribution in [-0.2, 0) is 13.0 Å². The summed E-state index contributed by atoms with van der Waals surface area (Å²) in [6, 6.07) is 0. The van der Waals surface area contributed by atoms with Gasteiger partial charge >= 0.3 is 0 Å². The first-order valence-corrected chi connectivity index (χ1v) is 6.74. The molecule has 2 aliphatic rings. The van der Waals surface area contributed by atoms with E-state index >= 15 is 0 Å². The van der Waals surface area contributed by atoms with Crippen molar-refractivity contribution in [3.05, 3.63) is 17.1 Å². The fourth-order valence-electron chi connectivity index (χ4n) is 2.81. The summed E-state index contributed by atoms with van der Waals surface area (Å²) >= 11 is 0. The summed E-state index contributed by atoms with van der Waals surface area (Å²) in [5, 5.41) is 0. The molecule has 1 aromatic heterocycles. The van der Waals surface area contributed by atoms with Crippen LogP contribution in [-0.4, -0.2) is 33.6 Å². The zero-order chi connectivity index (χ0) is 12.9. The first-order valence-electron chi connectivity index (χ1n) is 6.74. The van der Waals surface area contributed by atoms with Crippen molar-refractivity contribution in [2.24, 2.45) is 0 Å². The topological polar surface area (TPSA) is 38.3 Å². The van der Waals surface area contributed by atoms with E-state index in [1.165, 1.54) is 24.1 Å². The zero-order valence-electron chi connectivity index (χ0n) is 11.7. The summed E-state index contributed by atoms with van der Waals surface area (Å²) in [4.78, 5) is 11.5. The van der Waals surface area contributed by atoms with Gasteiger partial charge in [-0.15, -0.1) is 0 Å². The Morgan fingerprint density at radius 3 is 2.61 bits per heavy atom. The van der Waals surface area contributed by atoms with Gasteiger partial charge in [0, 0.05) is 24.1 Å². The van der Waals surface area contributed by atoms with E-state index in [4.69, 9.17) is 4.74 Å². The lowest BCUT2D eigenvalue weighted by Gasteiger charge is -2.34. The van der Waals surface area contributed by atoms with Crippen LogP contribution in [0.4, 0.5) is 0 Å². The van der Waals surface area contributed by atoms with Gasteiger partial charge in [0.05, 0.1) is 11.8 Å². The molecule has 0 radical (unpaired) electrons. The Balaban J connectivity index is 2.00. The van der Waals surface area contributed by atoms with Gasteiger partial charge in [-0.1, -0.05) is 0 Å². The molecule has 98 valence electrons. The van der Waals surface area contributed by atoms with Gasteiger partial charge in [0.25, 0.3) is 0 Å². The number of hydrogen-bond acceptors (Lipinski definition) is 4. The highest BCUT2D eigenvalue weighted by molar-refractivity contribution is 5.36. The Morgan fingerprint density at radius 1 is 1.28 bits per heavy atom. The van der Waals surface area contributed by atoms with Crippen LogP contribution in [0.1, 0.15) is 43.8 Å². The van der Waals surface area contributed by atoms with Gasteiger partial charge in [0.15, 0.2) is 0 Å². The largest absolute Gasteiger partial charge is 0.475 e. The van der Waals surface area contributed by atoms with Crippen LogP contribution in [0.5, 0.6) is 5.88 Å². The maximum Gasteiger partial charge on any atom is 0.221 e. The Bertz CT molecular complexity index is 463. The van der Waals surface area contributed by atoms with Crippen LogP contribution in [0, 0.1) is 6.92 Å². The molecule has 18 heavy (non-hydrogen) atoms. The molecule has 1 spiro atoms. The highest BCUT2D eigenvalue weighted by atomic mass is 16.5. The van der Waals surface area contributed by atoms with Crippen molar-refractivity contribution in [3.63, 3.8) is 0 Å². The van der Waals surface area contributed by atoms with Crippen molar-refractivity contribution in [3.8, 4) is 5.88 Å². The maximum absolute atomic E-state index is 5.85. The third-order valence-electron chi connectivity index (χ3n) is 4.04. The molecule has 4 heteroatoms. The van der Waals surface area contributed by atoms with Crippen molar-refractivity contribution in [2.75, 3.05) is 7.05 Å². The molecule has 0 atom stereocenters. The molecule has 1 fully saturated rings. The smallest absolute Gasteiger partial charge is 0.221 e. The Hall–Kier alpha value is -1.16. The highest BCUT2D eigenvalue weighted by Gasteiger charge is 2.49. The maximum atomic E-state index is 5.85.